The first-order chi connectivity index (χ1) is 3.41. The molecule has 0 aromatic rings. The van der Waals surface area contributed by atoms with Crippen LogP contribution in [0.1, 0.15) is 13.3 Å². The van der Waals surface area contributed by atoms with Gasteiger partial charge in [-0.2, -0.15) is 0 Å². The van der Waals surface area contributed by atoms with Gasteiger partial charge < -0.3 is 24.9 Å². The van der Waals surface area contributed by atoms with Crippen molar-refractivity contribution >= 4 is 7.85 Å². The minimum atomic E-state index is 0. The van der Waals surface area contributed by atoms with Gasteiger partial charge in [0.25, 0.3) is 0 Å². The summed E-state index contributed by atoms with van der Waals surface area (Å²) >= 11 is 0. The molecule has 0 aliphatic heterocycles. The van der Waals surface area contributed by atoms with E-state index >= 15 is 0 Å². The van der Waals surface area contributed by atoms with Gasteiger partial charge in [-0.05, 0) is 0 Å². The Morgan fingerprint density at radius 3 is 2.50 bits per heavy atom. The third-order valence-corrected chi connectivity index (χ3v) is 0.594. The second-order valence-electron chi connectivity index (χ2n) is 1.22. The Bertz CT molecular complexity index is 52.5. The molecule has 2 heteroatoms. The van der Waals surface area contributed by atoms with Crippen LogP contribution in [0.15, 0.2) is 12.2 Å². The molecule has 0 N–H and O–H groups in total. The van der Waals surface area contributed by atoms with Crippen molar-refractivity contribution < 1.29 is 32.7 Å². The van der Waals surface area contributed by atoms with Crippen LogP contribution in [0.3, 0.4) is 0 Å². The zero-order valence-corrected chi connectivity index (χ0v) is 8.01. The van der Waals surface area contributed by atoms with Crippen LogP contribution in [0.25, 0.3) is 0 Å². The minimum absolute atomic E-state index is 0. The third kappa shape index (κ3) is 9.82. The number of hydrogen-bond donors (Lipinski definition) is 0. The summed E-state index contributed by atoms with van der Waals surface area (Å²) in [5.74, 6) is 0. The van der Waals surface area contributed by atoms with Crippen molar-refractivity contribution in [3.05, 3.63) is 24.9 Å². The smallest absolute Gasteiger partial charge is 0 e. The molecule has 0 saturated heterocycles. The van der Waals surface area contributed by atoms with E-state index in [1.54, 1.807) is 0 Å². The maximum Gasteiger partial charge on any atom is 0 e. The van der Waals surface area contributed by atoms with Crippen molar-refractivity contribution in [2.45, 2.75) is 13.3 Å². The minimum Gasteiger partial charge on any atom is -0.385 e. The van der Waals surface area contributed by atoms with E-state index in [-0.39, 0.29) is 32.7 Å². The molecular formula is C6H9BY-2. The van der Waals surface area contributed by atoms with Crippen molar-refractivity contribution in [1.82, 2.24) is 0 Å². The Morgan fingerprint density at radius 2 is 2.12 bits per heavy atom. The Balaban J connectivity index is 0. The molecule has 0 heterocycles. The average molecular weight is 181 g/mol. The Kier molecular flexibility index (Phi) is 15.2. The fraction of sp³-hybridized carbons (Fsp3) is 0.333. The third-order valence-electron chi connectivity index (χ3n) is 0.594. The number of rotatable bonds is 3. The van der Waals surface area contributed by atoms with Crippen LogP contribution < -0.4 is 0 Å². The molecule has 0 saturated carbocycles. The topological polar surface area (TPSA) is 0 Å². The van der Waals surface area contributed by atoms with Crippen molar-refractivity contribution in [2.75, 3.05) is 0 Å². The summed E-state index contributed by atoms with van der Waals surface area (Å²) in [5, 5.41) is 0. The first kappa shape index (κ1) is 11.4. The van der Waals surface area contributed by atoms with Gasteiger partial charge in [0.1, 0.15) is 0 Å². The molecule has 0 rings (SSSR count). The summed E-state index contributed by atoms with van der Waals surface area (Å²) in [6.07, 6.45) is 8.38. The molecule has 0 bridgehead atoms. The summed E-state index contributed by atoms with van der Waals surface area (Å²) in [4.78, 5) is 0. The monoisotopic (exact) mass is 181 g/mol. The molecule has 3 radical (unpaired) electrons. The van der Waals surface area contributed by atoms with Crippen molar-refractivity contribution in [3.63, 3.8) is 0 Å². The van der Waals surface area contributed by atoms with Crippen molar-refractivity contribution in [3.8, 4) is 0 Å². The van der Waals surface area contributed by atoms with Crippen molar-refractivity contribution in [2.24, 2.45) is 0 Å². The van der Waals surface area contributed by atoms with Gasteiger partial charge in [0.15, 0.2) is 0 Å². The van der Waals surface area contributed by atoms with E-state index in [1.165, 1.54) is 6.32 Å². The van der Waals surface area contributed by atoms with Gasteiger partial charge in [-0.25, -0.2) is 0 Å². The summed E-state index contributed by atoms with van der Waals surface area (Å²) in [6, 6.07) is 0. The zero-order valence-electron chi connectivity index (χ0n) is 5.17. The van der Waals surface area contributed by atoms with E-state index < -0.39 is 0 Å². The van der Waals surface area contributed by atoms with E-state index in [4.69, 9.17) is 7.85 Å². The molecule has 8 heavy (non-hydrogen) atoms. The van der Waals surface area contributed by atoms with E-state index in [9.17, 15) is 0 Å². The van der Waals surface area contributed by atoms with E-state index in [0.29, 0.717) is 0 Å². The standard InChI is InChI=1S/C6H9B.Y/c1-2-3-4-5-6-7;/h3-6H,2H2,1H3;/q-2;. The molecule has 0 unspecified atom stereocenters. The maximum atomic E-state index is 5.04. The summed E-state index contributed by atoms with van der Waals surface area (Å²) in [7, 11) is 5.04. The van der Waals surface area contributed by atoms with Gasteiger partial charge in [0.2, 0.25) is 0 Å². The molecule has 0 aliphatic rings. The first-order valence-corrected chi connectivity index (χ1v) is 2.45. The Hall–Kier alpha value is 0.649. The Labute approximate surface area is 78.4 Å². The van der Waals surface area contributed by atoms with Crippen LogP contribution in [0.4, 0.5) is 0 Å². The summed E-state index contributed by atoms with van der Waals surface area (Å²) in [6.45, 7) is 2.08. The molecule has 0 atom stereocenters. The largest absolute Gasteiger partial charge is 0.385 e. The molecular weight excluding hydrogens is 172 g/mol. The van der Waals surface area contributed by atoms with Gasteiger partial charge in [-0.15, -0.1) is 6.42 Å². The molecule has 0 aromatic carbocycles. The second-order valence-corrected chi connectivity index (χ2v) is 1.22. The fourth-order valence-corrected chi connectivity index (χ4v) is 0.279. The van der Waals surface area contributed by atoms with Crippen LogP contribution in [0.2, 0.25) is 0 Å². The van der Waals surface area contributed by atoms with Crippen LogP contribution in [-0.4, -0.2) is 7.85 Å². The maximum absolute atomic E-state index is 5.04. The molecule has 0 aromatic heterocycles. The van der Waals surface area contributed by atoms with Crippen LogP contribution >= 0.6 is 0 Å². The quantitative estimate of drug-likeness (QED) is 0.456. The number of unbranched alkanes of at least 4 members (excludes halogenated alkanes) is 1. The van der Waals surface area contributed by atoms with Crippen LogP contribution in [0.5, 0.6) is 0 Å². The number of allylic oxidation sites excluding steroid dienone is 2. The summed E-state index contributed by atoms with van der Waals surface area (Å²) in [5.41, 5.74) is 0. The predicted octanol–water partition coefficient (Wildman–Crippen LogP) is 1.48. The molecule has 0 fully saturated rings. The number of hydrogen-bond acceptors (Lipinski definition) is 0. The van der Waals surface area contributed by atoms with Gasteiger partial charge in [-0.3, -0.25) is 0 Å². The van der Waals surface area contributed by atoms with Gasteiger partial charge >= 0.3 is 0 Å². The van der Waals surface area contributed by atoms with Crippen molar-refractivity contribution in [1.29, 1.82) is 0 Å². The van der Waals surface area contributed by atoms with E-state index in [2.05, 4.69) is 6.92 Å². The normalized spacial score (nSPS) is 8.12. The average Bonchev–Trinajstić information content (AvgIpc) is 1.69. The van der Waals surface area contributed by atoms with Gasteiger partial charge in [0, 0.05) is 32.7 Å². The first-order valence-electron chi connectivity index (χ1n) is 2.45. The molecule has 41 valence electrons. The predicted molar refractivity (Wildman–Crippen MR) is 33.8 cm³/mol. The second kappa shape index (κ2) is 10.6. The molecule has 0 nitrogen and oxygen atoms in total. The fourth-order valence-electron chi connectivity index (χ4n) is 0.279. The SMILES string of the molecule is [B][CH-]C=C[CH-]CC.[Y]. The van der Waals surface area contributed by atoms with Crippen LogP contribution in [-0.2, 0) is 32.7 Å². The van der Waals surface area contributed by atoms with E-state index in [0.717, 1.165) is 6.42 Å². The molecule has 0 spiro atoms. The van der Waals surface area contributed by atoms with E-state index in [1.807, 2.05) is 18.6 Å². The molecule has 0 aliphatic carbocycles. The van der Waals surface area contributed by atoms with Crippen LogP contribution in [0, 0.1) is 12.7 Å². The Morgan fingerprint density at radius 1 is 1.50 bits per heavy atom. The molecule has 0 amide bonds. The van der Waals surface area contributed by atoms with Gasteiger partial charge in [-0.1, -0.05) is 14.8 Å². The summed E-state index contributed by atoms with van der Waals surface area (Å²) < 4.78 is 0. The zero-order chi connectivity index (χ0) is 5.54. The van der Waals surface area contributed by atoms with Gasteiger partial charge in [0.05, 0.1) is 0 Å².